The molecule has 2 aromatic rings. The summed E-state index contributed by atoms with van der Waals surface area (Å²) in [4.78, 5) is 14.5. The zero-order valence-electron chi connectivity index (χ0n) is 17.0. The number of ether oxygens (including phenoxy) is 1. The average Bonchev–Trinajstić information content (AvgIpc) is 3.10. The lowest BCUT2D eigenvalue weighted by Crippen LogP contribution is -2.48. The van der Waals surface area contributed by atoms with E-state index < -0.39 is 17.4 Å². The van der Waals surface area contributed by atoms with Crippen LogP contribution < -0.4 is 4.74 Å². The van der Waals surface area contributed by atoms with Crippen molar-refractivity contribution in [2.24, 2.45) is 17.8 Å². The van der Waals surface area contributed by atoms with Gasteiger partial charge in [0.25, 0.3) is 0 Å². The third-order valence-corrected chi connectivity index (χ3v) is 6.55. The molecule has 2 aliphatic rings. The molecular formula is C24H28FNO3. The van der Waals surface area contributed by atoms with Gasteiger partial charge in [-0.2, -0.15) is 0 Å². The number of rotatable bonds is 5. The van der Waals surface area contributed by atoms with Gasteiger partial charge >= 0.3 is 5.97 Å². The van der Waals surface area contributed by atoms with Gasteiger partial charge in [0.1, 0.15) is 11.6 Å². The van der Waals surface area contributed by atoms with Crippen LogP contribution in [0.5, 0.6) is 5.75 Å². The predicted octanol–water partition coefficient (Wildman–Crippen LogP) is 4.23. The van der Waals surface area contributed by atoms with Crippen molar-refractivity contribution in [2.75, 3.05) is 20.6 Å². The molecule has 2 bridgehead atoms. The van der Waals surface area contributed by atoms with E-state index in [0.717, 1.165) is 19.3 Å². The van der Waals surface area contributed by atoms with E-state index in [9.17, 15) is 14.3 Å². The molecular weight excluding hydrogens is 369 g/mol. The molecule has 0 aliphatic heterocycles. The van der Waals surface area contributed by atoms with Crippen molar-refractivity contribution in [3.63, 3.8) is 0 Å². The molecule has 0 heterocycles. The molecule has 2 fully saturated rings. The van der Waals surface area contributed by atoms with Crippen LogP contribution in [0.1, 0.15) is 41.6 Å². The maximum absolute atomic E-state index is 14.9. The first-order chi connectivity index (χ1) is 13.9. The van der Waals surface area contributed by atoms with Gasteiger partial charge in [0, 0.05) is 18.0 Å². The number of carbonyl (C=O) groups is 1. The molecule has 2 saturated carbocycles. The summed E-state index contributed by atoms with van der Waals surface area (Å²) >= 11 is 0. The Morgan fingerprint density at radius 1 is 1.21 bits per heavy atom. The Morgan fingerprint density at radius 3 is 2.69 bits per heavy atom. The van der Waals surface area contributed by atoms with Gasteiger partial charge in [-0.25, -0.2) is 9.18 Å². The van der Waals surface area contributed by atoms with Gasteiger partial charge in [0.15, 0.2) is 0 Å². The van der Waals surface area contributed by atoms with Crippen molar-refractivity contribution < 1.29 is 19.0 Å². The quantitative estimate of drug-likeness (QED) is 0.606. The van der Waals surface area contributed by atoms with E-state index in [0.29, 0.717) is 30.4 Å². The van der Waals surface area contributed by atoms with Gasteiger partial charge in [0.2, 0.25) is 0 Å². The summed E-state index contributed by atoms with van der Waals surface area (Å²) in [5.41, 5.74) is -0.578. The van der Waals surface area contributed by atoms with Crippen LogP contribution in [0.4, 0.5) is 4.39 Å². The van der Waals surface area contributed by atoms with Crippen LogP contribution in [0.3, 0.4) is 0 Å². The highest BCUT2D eigenvalue weighted by molar-refractivity contribution is 5.90. The number of halogens is 1. The number of hydrogen-bond donors (Lipinski definition) is 1. The van der Waals surface area contributed by atoms with E-state index in [2.05, 4.69) is 4.90 Å². The summed E-state index contributed by atoms with van der Waals surface area (Å²) in [6.07, 6.45) is 3.82. The van der Waals surface area contributed by atoms with E-state index in [1.54, 1.807) is 24.3 Å². The molecule has 1 N–H and O–H groups in total. The van der Waals surface area contributed by atoms with Gasteiger partial charge in [-0.3, -0.25) is 0 Å². The van der Waals surface area contributed by atoms with E-state index in [4.69, 9.17) is 4.74 Å². The largest absolute Gasteiger partial charge is 0.423 e. The van der Waals surface area contributed by atoms with E-state index in [-0.39, 0.29) is 17.2 Å². The summed E-state index contributed by atoms with van der Waals surface area (Å²) < 4.78 is 20.4. The van der Waals surface area contributed by atoms with Gasteiger partial charge < -0.3 is 14.7 Å². The Hall–Kier alpha value is -2.24. The van der Waals surface area contributed by atoms with Gasteiger partial charge in [-0.1, -0.05) is 24.6 Å². The first kappa shape index (κ1) is 20.0. The summed E-state index contributed by atoms with van der Waals surface area (Å²) in [5.74, 6) is 0.0613. The van der Waals surface area contributed by atoms with Crippen LogP contribution in [0.15, 0.2) is 48.5 Å². The van der Waals surface area contributed by atoms with E-state index >= 15 is 0 Å². The Balaban J connectivity index is 1.66. The van der Waals surface area contributed by atoms with Crippen molar-refractivity contribution in [3.05, 3.63) is 65.5 Å². The minimum atomic E-state index is -1.26. The Morgan fingerprint density at radius 2 is 1.97 bits per heavy atom. The molecule has 0 saturated heterocycles. The zero-order chi connectivity index (χ0) is 20.6. The van der Waals surface area contributed by atoms with Gasteiger partial charge in [-0.05, 0) is 75.5 Å². The van der Waals surface area contributed by atoms with E-state index in [1.165, 1.54) is 18.2 Å². The van der Waals surface area contributed by atoms with Crippen molar-refractivity contribution in [1.82, 2.24) is 4.90 Å². The summed E-state index contributed by atoms with van der Waals surface area (Å²) in [6, 6.07) is 13.0. The lowest BCUT2D eigenvalue weighted by molar-refractivity contribution is -0.0913. The van der Waals surface area contributed by atoms with Crippen LogP contribution in [0.25, 0.3) is 0 Å². The summed E-state index contributed by atoms with van der Waals surface area (Å²) in [7, 11) is 3.96. The normalized spacial score (nSPS) is 28.5. The summed E-state index contributed by atoms with van der Waals surface area (Å²) in [5, 5.41) is 11.8. The molecule has 0 unspecified atom stereocenters. The molecule has 29 heavy (non-hydrogen) atoms. The van der Waals surface area contributed by atoms with Crippen molar-refractivity contribution in [2.45, 2.75) is 31.3 Å². The molecule has 5 heteroatoms. The van der Waals surface area contributed by atoms with Crippen molar-refractivity contribution in [1.29, 1.82) is 0 Å². The van der Waals surface area contributed by atoms with Crippen LogP contribution in [-0.2, 0) is 5.60 Å². The molecule has 0 aromatic heterocycles. The second kappa shape index (κ2) is 7.88. The minimum Gasteiger partial charge on any atom is -0.423 e. The number of esters is 1. The molecule has 4 nitrogen and oxygen atoms in total. The molecule has 2 aliphatic carbocycles. The molecule has 0 radical (unpaired) electrons. The Kier molecular flexibility index (Phi) is 5.45. The number of carbonyl (C=O) groups excluding carboxylic acids is 1. The standard InChI is InChI=1S/C24H28FNO3/c1-26(2)15-21-18-9-8-16(12-18)14-24(21,28)20-13-19(10-11-22(20)25)29-23(27)17-6-4-3-5-7-17/h3-7,10-11,13,16,18,21,28H,8-9,12,14-15H2,1-2H3/t16-,18+,21+,24+/m1/s1. The third-order valence-electron chi connectivity index (χ3n) is 6.55. The number of hydrogen-bond acceptors (Lipinski definition) is 4. The Labute approximate surface area is 171 Å². The highest BCUT2D eigenvalue weighted by Crippen LogP contribution is 2.54. The van der Waals surface area contributed by atoms with Crippen LogP contribution >= 0.6 is 0 Å². The smallest absolute Gasteiger partial charge is 0.343 e. The fourth-order valence-corrected chi connectivity index (χ4v) is 5.29. The number of fused-ring (bicyclic) bond motifs is 2. The fourth-order valence-electron chi connectivity index (χ4n) is 5.29. The van der Waals surface area contributed by atoms with Crippen LogP contribution in [0.2, 0.25) is 0 Å². The van der Waals surface area contributed by atoms with E-state index in [1.807, 2.05) is 20.2 Å². The maximum Gasteiger partial charge on any atom is 0.343 e. The number of nitrogens with zero attached hydrogens (tertiary/aromatic N) is 1. The second-order valence-electron chi connectivity index (χ2n) is 8.83. The minimum absolute atomic E-state index is 0.0502. The highest BCUT2D eigenvalue weighted by Gasteiger charge is 2.52. The zero-order valence-corrected chi connectivity index (χ0v) is 17.0. The third kappa shape index (κ3) is 3.94. The van der Waals surface area contributed by atoms with Crippen LogP contribution in [-0.4, -0.2) is 36.6 Å². The van der Waals surface area contributed by atoms with Gasteiger partial charge in [-0.15, -0.1) is 0 Å². The number of benzene rings is 2. The predicted molar refractivity (Wildman–Crippen MR) is 109 cm³/mol. The SMILES string of the molecule is CN(C)C[C@H]1[C@H]2CC[C@H](C2)C[C@]1(O)c1cc(OC(=O)c2ccccc2)ccc1F. The molecule has 0 spiro atoms. The maximum atomic E-state index is 14.9. The lowest BCUT2D eigenvalue weighted by Gasteiger charge is -2.45. The highest BCUT2D eigenvalue weighted by atomic mass is 19.1. The van der Waals surface area contributed by atoms with Crippen molar-refractivity contribution in [3.8, 4) is 5.75 Å². The average molecular weight is 397 g/mol. The van der Waals surface area contributed by atoms with Gasteiger partial charge in [0.05, 0.1) is 11.2 Å². The molecule has 4 rings (SSSR count). The monoisotopic (exact) mass is 397 g/mol. The van der Waals surface area contributed by atoms with Crippen molar-refractivity contribution >= 4 is 5.97 Å². The first-order valence-corrected chi connectivity index (χ1v) is 10.3. The lowest BCUT2D eigenvalue weighted by atomic mass is 9.65. The first-order valence-electron chi connectivity index (χ1n) is 10.3. The van der Waals surface area contributed by atoms with Crippen LogP contribution in [0, 0.1) is 23.6 Å². The molecule has 2 aromatic carbocycles. The second-order valence-corrected chi connectivity index (χ2v) is 8.83. The Bertz CT molecular complexity index is 885. The number of aliphatic hydroxyl groups is 1. The molecule has 0 amide bonds. The molecule has 154 valence electrons. The topological polar surface area (TPSA) is 49.8 Å². The molecule has 4 atom stereocenters. The fraction of sp³-hybridized carbons (Fsp3) is 0.458. The summed E-state index contributed by atoms with van der Waals surface area (Å²) in [6.45, 7) is 0.696.